The zero-order valence-electron chi connectivity index (χ0n) is 23.6. The Hall–Kier alpha value is -6.00. The molecule has 2 aromatic heterocycles. The first-order chi connectivity index (χ1) is 21.8. The van der Waals surface area contributed by atoms with Crippen LogP contribution >= 0.6 is 0 Å². The van der Waals surface area contributed by atoms with E-state index in [0.29, 0.717) is 23.2 Å². The fraction of sp³-hybridized carbons (Fsp3) is 0. The van der Waals surface area contributed by atoms with E-state index in [-0.39, 0.29) is 0 Å². The summed E-state index contributed by atoms with van der Waals surface area (Å²) in [5, 5.41) is 10.5. The molecule has 0 saturated carbocycles. The van der Waals surface area contributed by atoms with Crippen molar-refractivity contribution in [1.29, 1.82) is 0 Å². The Morgan fingerprint density at radius 3 is 1.66 bits per heavy atom. The largest absolute Gasteiger partial charge is 0.244 e. The first-order valence-electron chi connectivity index (χ1n) is 14.7. The molecule has 0 aliphatic carbocycles. The number of rotatable bonds is 3. The molecule has 0 bridgehead atoms. The molecule has 0 atom stereocenters. The predicted molar refractivity (Wildman–Crippen MR) is 181 cm³/mol. The van der Waals surface area contributed by atoms with E-state index >= 15 is 0 Å². The minimum Gasteiger partial charge on any atom is -0.244 e. The van der Waals surface area contributed by atoms with Gasteiger partial charge in [-0.15, -0.1) is 0 Å². The number of hydrogen-bond donors (Lipinski definition) is 0. The fourth-order valence-corrected chi connectivity index (χ4v) is 6.28. The summed E-state index contributed by atoms with van der Waals surface area (Å²) < 4.78 is 0. The second kappa shape index (κ2) is 9.79. The van der Waals surface area contributed by atoms with E-state index in [2.05, 4.69) is 109 Å². The molecule has 0 aliphatic rings. The normalized spacial score (nSPS) is 11.6. The molecule has 4 heteroatoms. The molecule has 0 amide bonds. The third kappa shape index (κ3) is 4.00. The molecule has 204 valence electrons. The van der Waals surface area contributed by atoms with Crippen molar-refractivity contribution < 1.29 is 0 Å². The number of aromatic nitrogens is 4. The summed E-state index contributed by atoms with van der Waals surface area (Å²) in [4.78, 5) is 20.2. The van der Waals surface area contributed by atoms with Gasteiger partial charge >= 0.3 is 0 Å². The highest BCUT2D eigenvalue weighted by Crippen LogP contribution is 2.34. The van der Waals surface area contributed by atoms with Crippen molar-refractivity contribution in [2.45, 2.75) is 0 Å². The Kier molecular flexibility index (Phi) is 5.47. The van der Waals surface area contributed by atoms with Gasteiger partial charge in [0.2, 0.25) is 0 Å². The van der Waals surface area contributed by atoms with Crippen LogP contribution in [0.2, 0.25) is 0 Å². The second-order valence-corrected chi connectivity index (χ2v) is 11.1. The monoisotopic (exact) mass is 560 g/mol. The maximum Gasteiger partial charge on any atom is 0.182 e. The lowest BCUT2D eigenvalue weighted by Gasteiger charge is -2.11. The maximum absolute atomic E-state index is 5.23. The highest BCUT2D eigenvalue weighted by Gasteiger charge is 2.15. The predicted octanol–water partition coefficient (Wildman–Crippen LogP) is 10.0. The Bertz CT molecular complexity index is 2550. The van der Waals surface area contributed by atoms with Crippen molar-refractivity contribution >= 4 is 54.0 Å². The SMILES string of the molecule is c1ccc(-c2nc(-c3ccc4ccc5ccccc5c4c3)nc(-c3ccc4ccc5ccc6ccccc6c5c4n3)n2)cc1. The zero-order valence-corrected chi connectivity index (χ0v) is 23.6. The maximum atomic E-state index is 5.23. The summed E-state index contributed by atoms with van der Waals surface area (Å²) in [5.41, 5.74) is 3.52. The van der Waals surface area contributed by atoms with Crippen LogP contribution in [0.15, 0.2) is 146 Å². The van der Waals surface area contributed by atoms with Gasteiger partial charge in [-0.1, -0.05) is 133 Å². The highest BCUT2D eigenvalue weighted by atomic mass is 15.0. The van der Waals surface area contributed by atoms with Gasteiger partial charge in [0.1, 0.15) is 5.69 Å². The average molecular weight is 561 g/mol. The van der Waals surface area contributed by atoms with Crippen molar-refractivity contribution in [2.24, 2.45) is 0 Å². The van der Waals surface area contributed by atoms with Gasteiger partial charge < -0.3 is 0 Å². The van der Waals surface area contributed by atoms with Crippen LogP contribution in [0, 0.1) is 0 Å². The van der Waals surface area contributed by atoms with Crippen LogP contribution in [0.5, 0.6) is 0 Å². The van der Waals surface area contributed by atoms with E-state index in [4.69, 9.17) is 19.9 Å². The van der Waals surface area contributed by atoms with Crippen molar-refractivity contribution in [3.8, 4) is 34.3 Å². The number of pyridine rings is 1. The molecule has 9 aromatic rings. The van der Waals surface area contributed by atoms with E-state index < -0.39 is 0 Å². The third-order valence-corrected chi connectivity index (χ3v) is 8.47. The molecule has 0 N–H and O–H groups in total. The molecule has 9 rings (SSSR count). The smallest absolute Gasteiger partial charge is 0.182 e. The van der Waals surface area contributed by atoms with E-state index in [0.717, 1.165) is 32.8 Å². The summed E-state index contributed by atoms with van der Waals surface area (Å²) >= 11 is 0. The third-order valence-electron chi connectivity index (χ3n) is 8.47. The number of benzene rings is 7. The molecule has 0 spiro atoms. The highest BCUT2D eigenvalue weighted by molar-refractivity contribution is 6.19. The number of fused-ring (bicyclic) bond motifs is 8. The van der Waals surface area contributed by atoms with Crippen LogP contribution in [-0.2, 0) is 0 Å². The van der Waals surface area contributed by atoms with Gasteiger partial charge in [0.15, 0.2) is 17.5 Å². The number of nitrogens with zero attached hydrogens (tertiary/aromatic N) is 4. The Morgan fingerprint density at radius 2 is 0.864 bits per heavy atom. The second-order valence-electron chi connectivity index (χ2n) is 11.1. The summed E-state index contributed by atoms with van der Waals surface area (Å²) in [6.45, 7) is 0. The number of hydrogen-bond acceptors (Lipinski definition) is 4. The average Bonchev–Trinajstić information content (AvgIpc) is 3.11. The minimum atomic E-state index is 0.547. The summed E-state index contributed by atoms with van der Waals surface area (Å²) in [6.07, 6.45) is 0. The van der Waals surface area contributed by atoms with Crippen LogP contribution in [-0.4, -0.2) is 19.9 Å². The molecule has 7 aromatic carbocycles. The summed E-state index contributed by atoms with van der Waals surface area (Å²) in [5.74, 6) is 1.79. The molecule has 2 heterocycles. The van der Waals surface area contributed by atoms with Crippen molar-refractivity contribution in [3.63, 3.8) is 0 Å². The van der Waals surface area contributed by atoms with Gasteiger partial charge in [0, 0.05) is 21.9 Å². The van der Waals surface area contributed by atoms with E-state index in [9.17, 15) is 0 Å². The molecule has 0 unspecified atom stereocenters. The van der Waals surface area contributed by atoms with Crippen molar-refractivity contribution in [1.82, 2.24) is 19.9 Å². The Balaban J connectivity index is 1.29. The van der Waals surface area contributed by atoms with Gasteiger partial charge in [-0.05, 0) is 49.8 Å². The van der Waals surface area contributed by atoms with Gasteiger partial charge in [0.25, 0.3) is 0 Å². The Morgan fingerprint density at radius 1 is 0.318 bits per heavy atom. The molecular weight excluding hydrogens is 536 g/mol. The Labute approximate surface area is 253 Å². The molecule has 44 heavy (non-hydrogen) atoms. The van der Waals surface area contributed by atoms with Crippen LogP contribution in [0.1, 0.15) is 0 Å². The standard InChI is InChI=1S/C40H24N4/c1-2-10-30(11-3-1)38-42-39(31-21-17-27-15-14-25-8-4-6-12-32(25)34(27)24-31)44-40(43-38)35-23-22-29-20-19-28-18-16-26-9-5-7-13-33(26)36(28)37(29)41-35/h1-24H. The molecule has 0 radical (unpaired) electrons. The first kappa shape index (κ1) is 24.6. The fourth-order valence-electron chi connectivity index (χ4n) is 6.28. The van der Waals surface area contributed by atoms with Crippen LogP contribution in [0.3, 0.4) is 0 Å². The van der Waals surface area contributed by atoms with Crippen LogP contribution in [0.4, 0.5) is 0 Å². The lowest BCUT2D eigenvalue weighted by molar-refractivity contribution is 1.06. The van der Waals surface area contributed by atoms with Gasteiger partial charge in [-0.25, -0.2) is 19.9 Å². The van der Waals surface area contributed by atoms with Gasteiger partial charge in [0.05, 0.1) is 5.52 Å². The summed E-state index contributed by atoms with van der Waals surface area (Å²) in [6, 6.07) is 50.6. The first-order valence-corrected chi connectivity index (χ1v) is 14.7. The molecule has 0 saturated heterocycles. The van der Waals surface area contributed by atoms with Gasteiger partial charge in [-0.2, -0.15) is 0 Å². The molecule has 0 aliphatic heterocycles. The molecular formula is C40H24N4. The van der Waals surface area contributed by atoms with Crippen LogP contribution in [0.25, 0.3) is 88.3 Å². The summed E-state index contributed by atoms with van der Waals surface area (Å²) in [7, 11) is 0. The lowest BCUT2D eigenvalue weighted by atomic mass is 9.99. The van der Waals surface area contributed by atoms with Crippen molar-refractivity contribution in [2.75, 3.05) is 0 Å². The topological polar surface area (TPSA) is 51.6 Å². The molecule has 4 nitrogen and oxygen atoms in total. The van der Waals surface area contributed by atoms with E-state index in [1.165, 1.54) is 32.3 Å². The van der Waals surface area contributed by atoms with Crippen molar-refractivity contribution in [3.05, 3.63) is 146 Å². The lowest BCUT2D eigenvalue weighted by Crippen LogP contribution is -2.01. The zero-order chi connectivity index (χ0) is 29.0. The quantitative estimate of drug-likeness (QED) is 0.202. The molecule has 0 fully saturated rings. The van der Waals surface area contributed by atoms with Gasteiger partial charge in [-0.3, -0.25) is 0 Å². The minimum absolute atomic E-state index is 0.547. The van der Waals surface area contributed by atoms with E-state index in [1.807, 2.05) is 36.4 Å². The van der Waals surface area contributed by atoms with E-state index in [1.54, 1.807) is 0 Å². The van der Waals surface area contributed by atoms with Crippen LogP contribution < -0.4 is 0 Å².